The number of halogens is 2. The fourth-order valence-electron chi connectivity index (χ4n) is 1.89. The molecule has 0 aliphatic carbocycles. The molecule has 2 atom stereocenters. The average Bonchev–Trinajstić information content (AvgIpc) is 2.61. The van der Waals surface area contributed by atoms with Gasteiger partial charge >= 0.3 is 0 Å². The van der Waals surface area contributed by atoms with Gasteiger partial charge in [-0.25, -0.2) is 18.1 Å². The van der Waals surface area contributed by atoms with Crippen molar-refractivity contribution in [1.82, 2.24) is 9.71 Å². The van der Waals surface area contributed by atoms with Crippen molar-refractivity contribution in [2.24, 2.45) is 0 Å². The molecular formula is C11H14Cl2N2O3S. The summed E-state index contributed by atoms with van der Waals surface area (Å²) < 4.78 is 32.6. The van der Waals surface area contributed by atoms with E-state index in [0.29, 0.717) is 13.0 Å². The molecule has 0 bridgehead atoms. The normalized spacial score (nSPS) is 27.7. The van der Waals surface area contributed by atoms with E-state index in [1.54, 1.807) is 0 Å². The van der Waals surface area contributed by atoms with Crippen molar-refractivity contribution < 1.29 is 13.2 Å². The summed E-state index contributed by atoms with van der Waals surface area (Å²) in [6.07, 6.45) is 1.60. The van der Waals surface area contributed by atoms with Crippen LogP contribution in [-0.2, 0) is 14.8 Å². The Morgan fingerprint density at radius 2 is 2.21 bits per heavy atom. The van der Waals surface area contributed by atoms with Crippen LogP contribution in [0.2, 0.25) is 10.2 Å². The van der Waals surface area contributed by atoms with Crippen LogP contribution >= 0.6 is 23.2 Å². The zero-order chi connectivity index (χ0) is 14.3. The van der Waals surface area contributed by atoms with Gasteiger partial charge in [-0.3, -0.25) is 0 Å². The smallest absolute Gasteiger partial charge is 0.242 e. The Balaban J connectivity index is 2.30. The van der Waals surface area contributed by atoms with E-state index in [-0.39, 0.29) is 21.2 Å². The van der Waals surface area contributed by atoms with Crippen molar-refractivity contribution in [1.29, 1.82) is 0 Å². The molecule has 1 N–H and O–H groups in total. The van der Waals surface area contributed by atoms with Crippen molar-refractivity contribution >= 4 is 33.2 Å². The van der Waals surface area contributed by atoms with E-state index in [4.69, 9.17) is 27.9 Å². The highest BCUT2D eigenvalue weighted by molar-refractivity contribution is 7.89. The second kappa shape index (κ2) is 5.18. The van der Waals surface area contributed by atoms with E-state index in [1.165, 1.54) is 12.3 Å². The first kappa shape index (κ1) is 15.0. The summed E-state index contributed by atoms with van der Waals surface area (Å²) in [5, 5.41) is 0.176. The molecule has 0 amide bonds. The average molecular weight is 325 g/mol. The summed E-state index contributed by atoms with van der Waals surface area (Å²) in [4.78, 5) is 3.73. The first-order chi connectivity index (χ1) is 8.74. The van der Waals surface area contributed by atoms with Gasteiger partial charge in [0.1, 0.15) is 10.0 Å². The summed E-state index contributed by atoms with van der Waals surface area (Å²) in [7, 11) is -3.71. The summed E-state index contributed by atoms with van der Waals surface area (Å²) in [6.45, 7) is 4.18. The summed E-state index contributed by atoms with van der Waals surface area (Å²) in [6, 6.07) is 1.28. The molecule has 0 spiro atoms. The number of nitrogens with zero attached hydrogens (tertiary/aromatic N) is 1. The molecule has 0 saturated carbocycles. The number of rotatable bonds is 3. The quantitative estimate of drug-likeness (QED) is 0.866. The van der Waals surface area contributed by atoms with Crippen molar-refractivity contribution in [3.8, 4) is 0 Å². The second-order valence-corrected chi connectivity index (χ2v) is 7.18. The Kier molecular flexibility index (Phi) is 4.09. The maximum atomic E-state index is 12.3. The fraction of sp³-hybridized carbons (Fsp3) is 0.545. The number of sulfonamides is 1. The van der Waals surface area contributed by atoms with Gasteiger partial charge in [-0.15, -0.1) is 0 Å². The van der Waals surface area contributed by atoms with E-state index in [0.717, 1.165) is 0 Å². The Hall–Kier alpha value is -0.400. The van der Waals surface area contributed by atoms with Crippen LogP contribution in [0.25, 0.3) is 0 Å². The van der Waals surface area contributed by atoms with E-state index >= 15 is 0 Å². The van der Waals surface area contributed by atoms with Gasteiger partial charge in [-0.05, 0) is 26.3 Å². The SMILES string of the molecule is CC1OCCC1(C)NS(=O)(=O)c1cnc(Cl)c(Cl)c1. The minimum absolute atomic E-state index is 0.0118. The lowest BCUT2D eigenvalue weighted by molar-refractivity contribution is 0.0957. The van der Waals surface area contributed by atoms with E-state index in [9.17, 15) is 8.42 Å². The summed E-state index contributed by atoms with van der Waals surface area (Å²) in [5.74, 6) is 0. The molecule has 1 aliphatic heterocycles. The second-order valence-electron chi connectivity index (χ2n) is 4.73. The van der Waals surface area contributed by atoms with Crippen molar-refractivity contribution in [3.63, 3.8) is 0 Å². The van der Waals surface area contributed by atoms with Crippen LogP contribution in [0.1, 0.15) is 20.3 Å². The molecule has 1 aliphatic rings. The zero-order valence-electron chi connectivity index (χ0n) is 10.5. The van der Waals surface area contributed by atoms with Gasteiger partial charge in [-0.2, -0.15) is 0 Å². The lowest BCUT2D eigenvalue weighted by Crippen LogP contribution is -2.50. The van der Waals surface area contributed by atoms with Crippen LogP contribution in [0, 0.1) is 0 Å². The molecule has 106 valence electrons. The molecule has 0 aromatic carbocycles. The first-order valence-corrected chi connectivity index (χ1v) is 7.95. The first-order valence-electron chi connectivity index (χ1n) is 5.71. The molecule has 1 fully saturated rings. The highest BCUT2D eigenvalue weighted by atomic mass is 35.5. The monoisotopic (exact) mass is 324 g/mol. The number of pyridine rings is 1. The number of hydrogen-bond donors (Lipinski definition) is 1. The van der Waals surface area contributed by atoms with E-state index in [1.807, 2.05) is 13.8 Å². The Labute approximate surface area is 122 Å². The van der Waals surface area contributed by atoms with Gasteiger partial charge in [0.2, 0.25) is 10.0 Å². The maximum Gasteiger partial charge on any atom is 0.242 e. The van der Waals surface area contributed by atoms with Crippen LogP contribution in [0.5, 0.6) is 0 Å². The third kappa shape index (κ3) is 3.03. The minimum Gasteiger partial charge on any atom is -0.376 e. The van der Waals surface area contributed by atoms with Gasteiger partial charge < -0.3 is 4.74 Å². The molecule has 2 rings (SSSR count). The highest BCUT2D eigenvalue weighted by Crippen LogP contribution is 2.28. The lowest BCUT2D eigenvalue weighted by atomic mass is 9.97. The molecule has 1 aromatic heterocycles. The number of aromatic nitrogens is 1. The maximum absolute atomic E-state index is 12.3. The minimum atomic E-state index is -3.71. The van der Waals surface area contributed by atoms with Crippen LogP contribution < -0.4 is 4.72 Å². The molecule has 5 nitrogen and oxygen atoms in total. The van der Waals surface area contributed by atoms with Crippen molar-refractivity contribution in [3.05, 3.63) is 22.4 Å². The molecule has 1 saturated heterocycles. The molecule has 2 unspecified atom stereocenters. The zero-order valence-corrected chi connectivity index (χ0v) is 12.8. The van der Waals surface area contributed by atoms with Gasteiger partial charge in [0.05, 0.1) is 16.7 Å². The van der Waals surface area contributed by atoms with Crippen LogP contribution in [-0.4, -0.2) is 31.7 Å². The summed E-state index contributed by atoms with van der Waals surface area (Å²) >= 11 is 11.5. The largest absolute Gasteiger partial charge is 0.376 e. The fourth-order valence-corrected chi connectivity index (χ4v) is 3.68. The molecule has 1 aromatic rings. The third-order valence-electron chi connectivity index (χ3n) is 3.34. The van der Waals surface area contributed by atoms with Gasteiger partial charge in [0.15, 0.2) is 0 Å². The lowest BCUT2D eigenvalue weighted by Gasteiger charge is -2.28. The van der Waals surface area contributed by atoms with Gasteiger partial charge in [0, 0.05) is 12.8 Å². The van der Waals surface area contributed by atoms with Crippen LogP contribution in [0.3, 0.4) is 0 Å². The molecule has 2 heterocycles. The predicted octanol–water partition coefficient (Wildman–Crippen LogP) is 2.23. The topological polar surface area (TPSA) is 68.3 Å². The number of hydrogen-bond acceptors (Lipinski definition) is 4. The van der Waals surface area contributed by atoms with Crippen LogP contribution in [0.15, 0.2) is 17.2 Å². The van der Waals surface area contributed by atoms with Gasteiger partial charge in [-0.1, -0.05) is 23.2 Å². The van der Waals surface area contributed by atoms with Crippen molar-refractivity contribution in [2.45, 2.75) is 36.8 Å². The third-order valence-corrected chi connectivity index (χ3v) is 5.60. The molecule has 0 radical (unpaired) electrons. The molecule has 19 heavy (non-hydrogen) atoms. The molecular weight excluding hydrogens is 311 g/mol. The standard InChI is InChI=1S/C11H14Cl2N2O3S/c1-7-11(2,3-4-18-7)15-19(16,17)8-5-9(12)10(13)14-6-8/h5-7,15H,3-4H2,1-2H3. The van der Waals surface area contributed by atoms with E-state index < -0.39 is 15.6 Å². The Morgan fingerprint density at radius 1 is 1.53 bits per heavy atom. The number of ether oxygens (including phenoxy) is 1. The van der Waals surface area contributed by atoms with Crippen LogP contribution in [0.4, 0.5) is 0 Å². The van der Waals surface area contributed by atoms with Gasteiger partial charge in [0.25, 0.3) is 0 Å². The number of nitrogens with one attached hydrogen (secondary N) is 1. The summed E-state index contributed by atoms with van der Waals surface area (Å²) in [5.41, 5.74) is -0.634. The predicted molar refractivity (Wildman–Crippen MR) is 73.0 cm³/mol. The highest BCUT2D eigenvalue weighted by Gasteiger charge is 2.40. The molecule has 8 heteroatoms. The van der Waals surface area contributed by atoms with E-state index in [2.05, 4.69) is 9.71 Å². The Morgan fingerprint density at radius 3 is 2.74 bits per heavy atom. The van der Waals surface area contributed by atoms with Crippen molar-refractivity contribution in [2.75, 3.05) is 6.61 Å². The Bertz CT molecular complexity index is 594.